The van der Waals surface area contributed by atoms with Gasteiger partial charge in [0, 0.05) is 0 Å². The standard InChI is InChI=1S/C7H16O3S/c1-5-6(8)11(9,10)7(2,3)4/h6,8H,5H2,1-4H3. The van der Waals surface area contributed by atoms with E-state index >= 15 is 0 Å². The van der Waals surface area contributed by atoms with E-state index < -0.39 is 20.0 Å². The molecule has 1 unspecified atom stereocenters. The van der Waals surface area contributed by atoms with Gasteiger partial charge in [-0.15, -0.1) is 0 Å². The molecule has 0 spiro atoms. The van der Waals surface area contributed by atoms with Crippen LogP contribution in [0, 0.1) is 0 Å². The third-order valence-electron chi connectivity index (χ3n) is 1.56. The molecule has 0 heterocycles. The zero-order valence-corrected chi connectivity index (χ0v) is 8.27. The Bertz CT molecular complexity index is 210. The lowest BCUT2D eigenvalue weighted by Crippen LogP contribution is -2.36. The highest BCUT2D eigenvalue weighted by atomic mass is 32.2. The normalized spacial score (nSPS) is 16.5. The summed E-state index contributed by atoms with van der Waals surface area (Å²) in [7, 11) is -3.37. The van der Waals surface area contributed by atoms with Crippen LogP contribution in [0.2, 0.25) is 0 Å². The molecule has 0 bridgehead atoms. The van der Waals surface area contributed by atoms with Gasteiger partial charge in [-0.2, -0.15) is 0 Å². The van der Waals surface area contributed by atoms with Gasteiger partial charge >= 0.3 is 0 Å². The maximum Gasteiger partial charge on any atom is 0.181 e. The molecule has 0 rings (SSSR count). The summed E-state index contributed by atoms with van der Waals surface area (Å²) in [6.07, 6.45) is 0.250. The van der Waals surface area contributed by atoms with Crippen LogP contribution in [0.5, 0.6) is 0 Å². The van der Waals surface area contributed by atoms with E-state index in [0.29, 0.717) is 0 Å². The van der Waals surface area contributed by atoms with Gasteiger partial charge in [0.15, 0.2) is 15.3 Å². The molecule has 0 saturated heterocycles. The largest absolute Gasteiger partial charge is 0.377 e. The van der Waals surface area contributed by atoms with Crippen molar-refractivity contribution in [1.29, 1.82) is 0 Å². The molecule has 4 heteroatoms. The molecular formula is C7H16O3S. The first kappa shape index (κ1) is 10.9. The zero-order valence-electron chi connectivity index (χ0n) is 7.46. The highest BCUT2D eigenvalue weighted by molar-refractivity contribution is 7.93. The maximum absolute atomic E-state index is 11.3. The first-order chi connectivity index (χ1) is 4.73. The van der Waals surface area contributed by atoms with E-state index in [2.05, 4.69) is 0 Å². The van der Waals surface area contributed by atoms with Crippen LogP contribution in [0.15, 0.2) is 0 Å². The molecule has 68 valence electrons. The lowest BCUT2D eigenvalue weighted by Gasteiger charge is -2.22. The summed E-state index contributed by atoms with van der Waals surface area (Å²) in [6.45, 7) is 6.40. The van der Waals surface area contributed by atoms with Crippen molar-refractivity contribution in [1.82, 2.24) is 0 Å². The first-order valence-corrected chi connectivity index (χ1v) is 5.19. The molecule has 0 fully saturated rings. The van der Waals surface area contributed by atoms with Crippen molar-refractivity contribution in [3.8, 4) is 0 Å². The molecule has 1 atom stereocenters. The Kier molecular flexibility index (Phi) is 3.08. The van der Waals surface area contributed by atoms with Crippen molar-refractivity contribution in [2.45, 2.75) is 44.3 Å². The van der Waals surface area contributed by atoms with Crippen LogP contribution in [-0.4, -0.2) is 23.7 Å². The SMILES string of the molecule is CCC(O)S(=O)(=O)C(C)(C)C. The van der Waals surface area contributed by atoms with Gasteiger partial charge in [0.2, 0.25) is 0 Å². The van der Waals surface area contributed by atoms with Crippen LogP contribution in [0.25, 0.3) is 0 Å². The molecule has 0 saturated carbocycles. The van der Waals surface area contributed by atoms with Gasteiger partial charge < -0.3 is 5.11 Å². The number of aliphatic hydroxyl groups excluding tert-OH is 1. The minimum Gasteiger partial charge on any atom is -0.377 e. The molecule has 0 radical (unpaired) electrons. The molecule has 0 aliphatic heterocycles. The third kappa shape index (κ3) is 2.17. The van der Waals surface area contributed by atoms with Crippen LogP contribution in [-0.2, 0) is 9.84 Å². The molecular weight excluding hydrogens is 164 g/mol. The molecule has 0 aliphatic carbocycles. The molecule has 0 aromatic rings. The number of rotatable bonds is 2. The van der Waals surface area contributed by atoms with Crippen molar-refractivity contribution in [3.05, 3.63) is 0 Å². The zero-order chi connectivity index (χ0) is 9.28. The summed E-state index contributed by atoms with van der Waals surface area (Å²) in [4.78, 5) is 0. The van der Waals surface area contributed by atoms with E-state index in [9.17, 15) is 8.42 Å². The van der Waals surface area contributed by atoms with Crippen LogP contribution < -0.4 is 0 Å². The Hall–Kier alpha value is -0.0900. The first-order valence-electron chi connectivity index (χ1n) is 3.65. The van der Waals surface area contributed by atoms with Crippen LogP contribution in [0.4, 0.5) is 0 Å². The molecule has 0 aromatic heterocycles. The van der Waals surface area contributed by atoms with Gasteiger partial charge in [-0.25, -0.2) is 8.42 Å². The summed E-state index contributed by atoms with van der Waals surface area (Å²) in [5.74, 6) is 0. The molecule has 0 aromatic carbocycles. The summed E-state index contributed by atoms with van der Waals surface area (Å²) in [6, 6.07) is 0. The van der Waals surface area contributed by atoms with Gasteiger partial charge in [0.1, 0.15) is 0 Å². The fourth-order valence-corrected chi connectivity index (χ4v) is 1.88. The number of hydrogen-bond acceptors (Lipinski definition) is 3. The Morgan fingerprint density at radius 3 is 1.82 bits per heavy atom. The lowest BCUT2D eigenvalue weighted by molar-refractivity contribution is 0.241. The van der Waals surface area contributed by atoms with Gasteiger partial charge in [-0.3, -0.25) is 0 Å². The predicted octanol–water partition coefficient (Wildman–Crippen LogP) is 0.928. The van der Waals surface area contributed by atoms with Crippen molar-refractivity contribution in [2.75, 3.05) is 0 Å². The number of sulfone groups is 1. The van der Waals surface area contributed by atoms with Gasteiger partial charge in [0.25, 0.3) is 0 Å². The van der Waals surface area contributed by atoms with Gasteiger partial charge in [-0.05, 0) is 27.2 Å². The fourth-order valence-electron chi connectivity index (χ4n) is 0.628. The molecule has 3 nitrogen and oxygen atoms in total. The third-order valence-corrected chi connectivity index (χ3v) is 4.32. The second-order valence-electron chi connectivity index (χ2n) is 3.52. The summed E-state index contributed by atoms with van der Waals surface area (Å²) in [5.41, 5.74) is -1.22. The van der Waals surface area contributed by atoms with Crippen molar-refractivity contribution in [2.24, 2.45) is 0 Å². The van der Waals surface area contributed by atoms with E-state index in [-0.39, 0.29) is 6.42 Å². The molecule has 1 N–H and O–H groups in total. The minimum absolute atomic E-state index is 0.250. The second kappa shape index (κ2) is 3.11. The fraction of sp³-hybridized carbons (Fsp3) is 1.00. The van der Waals surface area contributed by atoms with Crippen molar-refractivity contribution < 1.29 is 13.5 Å². The minimum atomic E-state index is -3.37. The summed E-state index contributed by atoms with van der Waals surface area (Å²) < 4.78 is 21.8. The number of hydrogen-bond donors (Lipinski definition) is 1. The van der Waals surface area contributed by atoms with E-state index in [1.165, 1.54) is 0 Å². The highest BCUT2D eigenvalue weighted by Crippen LogP contribution is 2.20. The number of aliphatic hydroxyl groups is 1. The summed E-state index contributed by atoms with van der Waals surface area (Å²) in [5, 5.41) is 9.13. The molecule has 0 aliphatic rings. The van der Waals surface area contributed by atoms with Crippen LogP contribution >= 0.6 is 0 Å². The van der Waals surface area contributed by atoms with Gasteiger partial charge in [0.05, 0.1) is 4.75 Å². The molecule has 0 amide bonds. The van der Waals surface area contributed by atoms with E-state index in [4.69, 9.17) is 5.11 Å². The quantitative estimate of drug-likeness (QED) is 0.687. The van der Waals surface area contributed by atoms with Crippen molar-refractivity contribution in [3.63, 3.8) is 0 Å². The van der Waals surface area contributed by atoms with E-state index in [1.54, 1.807) is 27.7 Å². The van der Waals surface area contributed by atoms with Crippen molar-refractivity contribution >= 4 is 9.84 Å². The Morgan fingerprint density at radius 2 is 1.73 bits per heavy atom. The monoisotopic (exact) mass is 180 g/mol. The Morgan fingerprint density at radius 1 is 1.36 bits per heavy atom. The Balaban J connectivity index is 4.77. The second-order valence-corrected chi connectivity index (χ2v) is 6.38. The Labute approximate surface area is 68.3 Å². The summed E-state index contributed by atoms with van der Waals surface area (Å²) >= 11 is 0. The average Bonchev–Trinajstić information content (AvgIpc) is 1.83. The van der Waals surface area contributed by atoms with Crippen LogP contribution in [0.3, 0.4) is 0 Å². The maximum atomic E-state index is 11.3. The van der Waals surface area contributed by atoms with E-state index in [0.717, 1.165) is 0 Å². The molecule has 11 heavy (non-hydrogen) atoms. The lowest BCUT2D eigenvalue weighted by atomic mass is 10.3. The smallest absolute Gasteiger partial charge is 0.181 e. The van der Waals surface area contributed by atoms with Gasteiger partial charge in [-0.1, -0.05) is 6.92 Å². The van der Waals surface area contributed by atoms with Crippen LogP contribution in [0.1, 0.15) is 34.1 Å². The highest BCUT2D eigenvalue weighted by Gasteiger charge is 2.34. The average molecular weight is 180 g/mol. The predicted molar refractivity (Wildman–Crippen MR) is 45.0 cm³/mol. The van der Waals surface area contributed by atoms with E-state index in [1.807, 2.05) is 0 Å². The topological polar surface area (TPSA) is 54.4 Å².